The summed E-state index contributed by atoms with van der Waals surface area (Å²) in [7, 11) is 4.27. The van der Waals surface area contributed by atoms with Crippen molar-refractivity contribution < 1.29 is 17.4 Å². The average molecular weight is 664 g/mol. The lowest BCUT2D eigenvalue weighted by molar-refractivity contribution is -0.385. The molecule has 5 nitrogen and oxygen atoms in total. The number of aromatic amines is 1. The summed E-state index contributed by atoms with van der Waals surface area (Å²) >= 11 is 0. The van der Waals surface area contributed by atoms with Crippen LogP contribution in [0.15, 0.2) is 73.6 Å². The molecule has 0 radical (unpaired) electrons. The quantitative estimate of drug-likeness (QED) is 0.356. The molecule has 2 N–H and O–H groups in total. The number of rotatable bonds is 9. The maximum atomic E-state index is 5.72. The van der Waals surface area contributed by atoms with Gasteiger partial charge in [-0.05, 0) is 85.3 Å². The smallest absolute Gasteiger partial charge is 0.218 e. The molecule has 6 rings (SSSR count). The number of nitrogens with zero attached hydrogens (tertiary/aromatic N) is 3. The first-order valence-corrected chi connectivity index (χ1v) is 18.2. The van der Waals surface area contributed by atoms with Crippen LogP contribution in [0.2, 0.25) is 0 Å². The predicted molar refractivity (Wildman–Crippen MR) is 201 cm³/mol. The van der Waals surface area contributed by atoms with Crippen LogP contribution in [0.4, 0.5) is 5.69 Å². The SMILES string of the molecule is CCC1=C(CC)C2=NC1=Cc1[nH]c(c(CC)c1CC)C=C1[NH+]=C(C(CC)=C1CC)/C(=C\N(C)C)C1=Nc3c2cccc3C1(CC)CC.[Cl-]. The van der Waals surface area contributed by atoms with Gasteiger partial charge in [0.25, 0.3) is 0 Å². The number of benzene rings is 1. The minimum atomic E-state index is -0.200. The number of para-hydroxylation sites is 1. The highest BCUT2D eigenvalue weighted by atomic mass is 35.5. The number of halogens is 1. The lowest BCUT2D eigenvalue weighted by Crippen LogP contribution is -3.00. The Balaban J connectivity index is 0.00000451. The number of aromatic nitrogens is 1. The summed E-state index contributed by atoms with van der Waals surface area (Å²) in [5.41, 5.74) is 21.0. The fourth-order valence-electron chi connectivity index (χ4n) is 8.75. The second-order valence-electron chi connectivity index (χ2n) is 13.5. The molecule has 0 saturated carbocycles. The van der Waals surface area contributed by atoms with Gasteiger partial charge in [-0.1, -0.05) is 73.6 Å². The van der Waals surface area contributed by atoms with Gasteiger partial charge < -0.3 is 22.3 Å². The van der Waals surface area contributed by atoms with E-state index in [1.807, 2.05) is 0 Å². The molecule has 1 aromatic carbocycles. The fourth-order valence-corrected chi connectivity index (χ4v) is 8.75. The number of allylic oxidation sites excluding steroid dienone is 5. The van der Waals surface area contributed by atoms with Crippen LogP contribution in [-0.2, 0) is 18.3 Å². The molecule has 5 heterocycles. The van der Waals surface area contributed by atoms with Crippen LogP contribution in [0.3, 0.4) is 0 Å². The van der Waals surface area contributed by atoms with Gasteiger partial charge in [-0.15, -0.1) is 0 Å². The fraction of sp³-hybridized carbons (Fsp3) is 0.452. The maximum Gasteiger partial charge on any atom is 0.218 e. The third kappa shape index (κ3) is 5.33. The van der Waals surface area contributed by atoms with Gasteiger partial charge in [0.15, 0.2) is 0 Å². The number of hydrogen-bond donors (Lipinski definition) is 2. The molecule has 4 aliphatic heterocycles. The minimum Gasteiger partial charge on any atom is -1.00 e. The lowest BCUT2D eigenvalue weighted by atomic mass is 9.69. The van der Waals surface area contributed by atoms with Crippen LogP contribution in [0.25, 0.3) is 12.2 Å². The molecule has 0 atom stereocenters. The first-order valence-electron chi connectivity index (χ1n) is 18.2. The predicted octanol–water partition coefficient (Wildman–Crippen LogP) is 5.70. The van der Waals surface area contributed by atoms with Crippen molar-refractivity contribution in [2.75, 3.05) is 14.1 Å². The van der Waals surface area contributed by atoms with E-state index in [1.54, 1.807) is 0 Å². The number of nitrogens with one attached hydrogen (secondary N) is 2. The number of H-pyrrole nitrogens is 1. The molecule has 48 heavy (non-hydrogen) atoms. The van der Waals surface area contributed by atoms with Gasteiger partial charge >= 0.3 is 0 Å². The van der Waals surface area contributed by atoms with Crippen LogP contribution in [0.5, 0.6) is 0 Å². The zero-order valence-electron chi connectivity index (χ0n) is 30.8. The summed E-state index contributed by atoms with van der Waals surface area (Å²) in [5.74, 6) is 0. The third-order valence-electron chi connectivity index (χ3n) is 11.0. The Kier molecular flexibility index (Phi) is 10.4. The molecule has 4 aliphatic rings. The van der Waals surface area contributed by atoms with Gasteiger partial charge in [0, 0.05) is 59.9 Å². The normalized spacial score (nSPS) is 18.5. The van der Waals surface area contributed by atoms with Crippen molar-refractivity contribution in [3.63, 3.8) is 0 Å². The summed E-state index contributed by atoms with van der Waals surface area (Å²) in [6.45, 7) is 18.4. The Hall–Kier alpha value is -3.70. The van der Waals surface area contributed by atoms with Crippen LogP contribution in [0.1, 0.15) is 128 Å². The minimum absolute atomic E-state index is 0. The monoisotopic (exact) mass is 663 g/mol. The van der Waals surface area contributed by atoms with Gasteiger partial charge in [-0.2, -0.15) is 0 Å². The van der Waals surface area contributed by atoms with Gasteiger partial charge in [0.2, 0.25) is 11.4 Å². The molecular formula is C42H54ClN5. The topological polar surface area (TPSA) is 57.7 Å². The molecule has 0 spiro atoms. The maximum absolute atomic E-state index is 5.72. The summed E-state index contributed by atoms with van der Waals surface area (Å²) in [6, 6.07) is 6.84. The molecule has 0 aliphatic carbocycles. The Morgan fingerprint density at radius 1 is 0.750 bits per heavy atom. The molecule has 1 aromatic heterocycles. The van der Waals surface area contributed by atoms with Gasteiger partial charge in [0.05, 0.1) is 28.4 Å². The third-order valence-corrected chi connectivity index (χ3v) is 11.0. The van der Waals surface area contributed by atoms with Crippen molar-refractivity contribution in [3.05, 3.63) is 97.3 Å². The first-order chi connectivity index (χ1) is 22.7. The average Bonchev–Trinajstić information content (AvgIpc) is 3.81. The van der Waals surface area contributed by atoms with Crippen molar-refractivity contribution in [1.29, 1.82) is 0 Å². The molecule has 254 valence electrons. The highest BCUT2D eigenvalue weighted by molar-refractivity contribution is 6.33. The molecule has 8 bridgehead atoms. The largest absolute Gasteiger partial charge is 1.00 e. The highest BCUT2D eigenvalue weighted by Gasteiger charge is 2.47. The van der Waals surface area contributed by atoms with Crippen LogP contribution in [-0.4, -0.2) is 41.1 Å². The van der Waals surface area contributed by atoms with E-state index < -0.39 is 0 Å². The molecule has 0 amide bonds. The number of hydrogen-bond acceptors (Lipinski definition) is 3. The van der Waals surface area contributed by atoms with E-state index in [2.05, 4.69) is 121 Å². The van der Waals surface area contributed by atoms with E-state index in [0.717, 1.165) is 74.0 Å². The Bertz CT molecular complexity index is 1880. The zero-order valence-corrected chi connectivity index (χ0v) is 31.6. The molecule has 6 heteroatoms. The number of aliphatic imine (C=N–C) groups is 2. The summed E-state index contributed by atoms with van der Waals surface area (Å²) in [6.07, 6.45) is 14.7. The van der Waals surface area contributed by atoms with Gasteiger partial charge in [-0.3, -0.25) is 4.99 Å². The van der Waals surface area contributed by atoms with Gasteiger partial charge in [-0.25, -0.2) is 9.98 Å². The molecule has 2 aromatic rings. The highest BCUT2D eigenvalue weighted by Crippen LogP contribution is 2.50. The summed E-state index contributed by atoms with van der Waals surface area (Å²) < 4.78 is 0. The van der Waals surface area contributed by atoms with Gasteiger partial charge in [0.1, 0.15) is 0 Å². The molecule has 0 unspecified atom stereocenters. The van der Waals surface area contributed by atoms with Crippen molar-refractivity contribution >= 4 is 35.0 Å². The second-order valence-corrected chi connectivity index (χ2v) is 13.5. The Labute approximate surface area is 295 Å². The van der Waals surface area contributed by atoms with E-state index >= 15 is 0 Å². The lowest BCUT2D eigenvalue weighted by Gasteiger charge is -2.31. The van der Waals surface area contributed by atoms with Crippen molar-refractivity contribution in [1.82, 2.24) is 9.88 Å². The standard InChI is InChI=1S/C42H53N5.ClH/c1-11-25-26(12-2)35-23-37-28(14-4)30(16-6)39(45-37)32(24-47(9)10)41-42(17-7,18-8)33-21-19-20-31(40(33)46-41)38-29(15-5)27(13-3)36(44-38)22-34(25)43-35;/h19-24,43H,11-18H2,1-10H3;1H/b32-24+,36-22?,37-23?;. The van der Waals surface area contributed by atoms with Crippen LogP contribution in [0, 0.1) is 0 Å². The summed E-state index contributed by atoms with van der Waals surface area (Å²) in [4.78, 5) is 21.3. The first kappa shape index (κ1) is 35.6. The van der Waals surface area contributed by atoms with Crippen molar-refractivity contribution in [2.45, 2.75) is 112 Å². The van der Waals surface area contributed by atoms with Crippen LogP contribution >= 0.6 is 0 Å². The Morgan fingerprint density at radius 3 is 1.94 bits per heavy atom. The van der Waals surface area contributed by atoms with E-state index in [0.29, 0.717) is 0 Å². The molecular weight excluding hydrogens is 610 g/mol. The molecule has 0 saturated heterocycles. The van der Waals surface area contributed by atoms with E-state index in [-0.39, 0.29) is 17.8 Å². The van der Waals surface area contributed by atoms with Crippen molar-refractivity contribution in [2.24, 2.45) is 9.98 Å². The zero-order chi connectivity index (χ0) is 33.6. The van der Waals surface area contributed by atoms with Crippen LogP contribution < -0.4 is 17.4 Å². The second kappa shape index (κ2) is 14.0. The van der Waals surface area contributed by atoms with E-state index in [9.17, 15) is 0 Å². The summed E-state index contributed by atoms with van der Waals surface area (Å²) in [5, 5.41) is 0. The molecule has 0 fully saturated rings. The van der Waals surface area contributed by atoms with Crippen molar-refractivity contribution in [3.8, 4) is 0 Å². The van der Waals surface area contributed by atoms with E-state index in [4.69, 9.17) is 9.98 Å². The van der Waals surface area contributed by atoms with E-state index in [1.165, 1.54) is 73.1 Å². The Morgan fingerprint density at radius 2 is 1.38 bits per heavy atom. The number of fused-ring (bicyclic) bond motifs is 5.